The molecule has 1 saturated heterocycles. The molecule has 2 unspecified atom stereocenters. The number of nitriles is 1. The maximum Gasteiger partial charge on any atom is 0.282 e. The fourth-order valence-corrected chi connectivity index (χ4v) is 6.15. The second kappa shape index (κ2) is 7.23. The van der Waals surface area contributed by atoms with Crippen molar-refractivity contribution in [3.05, 3.63) is 18.6 Å². The van der Waals surface area contributed by atoms with Gasteiger partial charge in [-0.05, 0) is 39.2 Å². The Balaban J connectivity index is 1.55. The highest BCUT2D eigenvalue weighted by atomic mass is 32.2. The molecule has 1 aliphatic heterocycles. The third kappa shape index (κ3) is 3.47. The van der Waals surface area contributed by atoms with Crippen LogP contribution in [0.25, 0.3) is 11.0 Å². The van der Waals surface area contributed by atoms with E-state index < -0.39 is 10.2 Å². The van der Waals surface area contributed by atoms with Crippen LogP contribution in [0.5, 0.6) is 0 Å². The van der Waals surface area contributed by atoms with Gasteiger partial charge >= 0.3 is 0 Å². The summed E-state index contributed by atoms with van der Waals surface area (Å²) in [6.07, 6.45) is 5.60. The zero-order valence-corrected chi connectivity index (χ0v) is 17.9. The van der Waals surface area contributed by atoms with E-state index in [1.165, 1.54) is 4.31 Å². The van der Waals surface area contributed by atoms with E-state index in [0.717, 1.165) is 29.7 Å². The van der Waals surface area contributed by atoms with Crippen LogP contribution >= 0.6 is 0 Å². The van der Waals surface area contributed by atoms with Crippen LogP contribution in [0.3, 0.4) is 0 Å². The average Bonchev–Trinajstić information content (AvgIpc) is 3.27. The summed E-state index contributed by atoms with van der Waals surface area (Å²) in [6.45, 7) is 5.31. The zero-order chi connectivity index (χ0) is 20.8. The Labute approximate surface area is 171 Å². The molecule has 2 atom stereocenters. The third-order valence-electron chi connectivity index (χ3n) is 6.23. The van der Waals surface area contributed by atoms with Gasteiger partial charge in [0.15, 0.2) is 0 Å². The van der Waals surface area contributed by atoms with Crippen LogP contribution in [0.2, 0.25) is 0 Å². The van der Waals surface area contributed by atoms with E-state index in [0.29, 0.717) is 26.1 Å². The second-order valence-electron chi connectivity index (χ2n) is 8.29. The molecule has 1 spiro atoms. The van der Waals surface area contributed by atoms with Crippen LogP contribution in [0.1, 0.15) is 33.1 Å². The molecule has 0 amide bonds. The highest BCUT2D eigenvalue weighted by Gasteiger charge is 2.57. The number of H-pyrrole nitrogens is 1. The average molecular weight is 418 g/mol. The zero-order valence-electron chi connectivity index (χ0n) is 17.0. The normalized spacial score (nSPS) is 21.4. The second-order valence-corrected chi connectivity index (χ2v) is 10.2. The van der Waals surface area contributed by atoms with E-state index in [4.69, 9.17) is 5.26 Å². The summed E-state index contributed by atoms with van der Waals surface area (Å²) >= 11 is 0. The van der Waals surface area contributed by atoms with Crippen molar-refractivity contribution in [2.45, 2.75) is 44.7 Å². The fourth-order valence-electron chi connectivity index (χ4n) is 4.26. The van der Waals surface area contributed by atoms with Crippen molar-refractivity contribution in [2.24, 2.45) is 5.92 Å². The van der Waals surface area contributed by atoms with E-state index >= 15 is 0 Å². The molecule has 1 N–H and O–H groups in total. The van der Waals surface area contributed by atoms with Crippen LogP contribution in [0.15, 0.2) is 18.6 Å². The highest BCUT2D eigenvalue weighted by Crippen LogP contribution is 2.47. The summed E-state index contributed by atoms with van der Waals surface area (Å²) in [7, 11) is -1.98. The summed E-state index contributed by atoms with van der Waals surface area (Å²) in [5, 5.41) is 10.0. The first-order valence-corrected chi connectivity index (χ1v) is 11.4. The highest BCUT2D eigenvalue weighted by molar-refractivity contribution is 7.86. The fraction of sp³-hybridized carbons (Fsp3) is 0.632. The molecule has 4 rings (SSSR count). The van der Waals surface area contributed by atoms with E-state index in [2.05, 4.69) is 25.9 Å². The molecule has 0 bridgehead atoms. The largest absolute Gasteiger partial charge is 0.353 e. The van der Waals surface area contributed by atoms with Gasteiger partial charge in [0, 0.05) is 44.8 Å². The molecule has 2 aliphatic rings. The van der Waals surface area contributed by atoms with Gasteiger partial charge in [-0.25, -0.2) is 9.97 Å². The van der Waals surface area contributed by atoms with Crippen molar-refractivity contribution in [1.82, 2.24) is 23.6 Å². The molecule has 1 aliphatic carbocycles. The number of fused-ring (bicyclic) bond motifs is 1. The summed E-state index contributed by atoms with van der Waals surface area (Å²) in [5.74, 6) is 0.667. The molecule has 2 aromatic rings. The Bertz CT molecular complexity index is 1040. The standard InChI is InChI=1S/C19H27N7O2S/c1-14(11-20)10-15(2)24(3)29(27,28)26-9-8-25(12-19(26)5-6-19)18-16-4-7-21-17(16)22-13-23-18/h4,7,13-15H,5-6,8-10,12H2,1-3H3,(H,21,22,23). The Morgan fingerprint density at radius 2 is 2.10 bits per heavy atom. The molecule has 1 saturated carbocycles. The Morgan fingerprint density at radius 3 is 2.79 bits per heavy atom. The molecule has 3 heterocycles. The van der Waals surface area contributed by atoms with Gasteiger partial charge in [0.2, 0.25) is 0 Å². The molecule has 0 radical (unpaired) electrons. The summed E-state index contributed by atoms with van der Waals surface area (Å²) < 4.78 is 29.9. The number of hydrogen-bond donors (Lipinski definition) is 1. The minimum absolute atomic E-state index is 0.184. The van der Waals surface area contributed by atoms with Crippen LogP contribution < -0.4 is 4.90 Å². The van der Waals surface area contributed by atoms with Crippen LogP contribution in [-0.2, 0) is 10.2 Å². The molecule has 0 aromatic carbocycles. The van der Waals surface area contributed by atoms with Gasteiger partial charge in [0.05, 0.1) is 17.0 Å². The number of piperazine rings is 1. The van der Waals surface area contributed by atoms with E-state index in [1.807, 2.05) is 26.1 Å². The molecule has 29 heavy (non-hydrogen) atoms. The van der Waals surface area contributed by atoms with E-state index in [9.17, 15) is 8.42 Å². The number of nitrogens with zero attached hydrogens (tertiary/aromatic N) is 6. The van der Waals surface area contributed by atoms with E-state index in [1.54, 1.807) is 17.7 Å². The number of rotatable bonds is 6. The lowest BCUT2D eigenvalue weighted by molar-refractivity contribution is 0.236. The number of hydrogen-bond acceptors (Lipinski definition) is 6. The molecular weight excluding hydrogens is 390 g/mol. The third-order valence-corrected chi connectivity index (χ3v) is 8.44. The van der Waals surface area contributed by atoms with Crippen molar-refractivity contribution in [1.29, 1.82) is 5.26 Å². The molecular formula is C19H27N7O2S. The predicted octanol–water partition coefficient (Wildman–Crippen LogP) is 1.73. The topological polar surface area (TPSA) is 109 Å². The summed E-state index contributed by atoms with van der Waals surface area (Å²) in [4.78, 5) is 14.0. The predicted molar refractivity (Wildman–Crippen MR) is 110 cm³/mol. The monoisotopic (exact) mass is 417 g/mol. The number of aromatic nitrogens is 3. The van der Waals surface area contributed by atoms with Crippen molar-refractivity contribution in [2.75, 3.05) is 31.6 Å². The molecule has 9 nitrogen and oxygen atoms in total. The first-order chi connectivity index (χ1) is 13.8. The van der Waals surface area contributed by atoms with Crippen LogP contribution in [0, 0.1) is 17.2 Å². The minimum atomic E-state index is -3.61. The van der Waals surface area contributed by atoms with Gasteiger partial charge in [-0.2, -0.15) is 22.3 Å². The lowest BCUT2D eigenvalue weighted by Crippen LogP contribution is -2.60. The lowest BCUT2D eigenvalue weighted by atomic mass is 10.1. The quantitative estimate of drug-likeness (QED) is 0.767. The summed E-state index contributed by atoms with van der Waals surface area (Å²) in [6, 6.07) is 3.92. The first kappa shape index (κ1) is 20.1. The molecule has 10 heteroatoms. The minimum Gasteiger partial charge on any atom is -0.353 e. The molecule has 156 valence electrons. The SMILES string of the molecule is CC(C#N)CC(C)N(C)S(=O)(=O)N1CCN(c2ncnc3[nH]ccc23)CC12CC2. The van der Waals surface area contributed by atoms with Crippen molar-refractivity contribution in [3.63, 3.8) is 0 Å². The van der Waals surface area contributed by atoms with Gasteiger partial charge in [0.1, 0.15) is 17.8 Å². The van der Waals surface area contributed by atoms with Crippen LogP contribution in [0.4, 0.5) is 5.82 Å². The summed E-state index contributed by atoms with van der Waals surface area (Å²) in [5.41, 5.74) is 0.412. The number of nitrogens with one attached hydrogen (secondary N) is 1. The van der Waals surface area contributed by atoms with Gasteiger partial charge in [-0.15, -0.1) is 0 Å². The first-order valence-electron chi connectivity index (χ1n) is 9.97. The Morgan fingerprint density at radius 1 is 1.34 bits per heavy atom. The van der Waals surface area contributed by atoms with Crippen molar-refractivity contribution >= 4 is 27.1 Å². The van der Waals surface area contributed by atoms with Gasteiger partial charge in [0.25, 0.3) is 10.2 Å². The number of aromatic amines is 1. The molecule has 2 aromatic heterocycles. The van der Waals surface area contributed by atoms with E-state index in [-0.39, 0.29) is 17.5 Å². The lowest BCUT2D eigenvalue weighted by Gasteiger charge is -2.43. The van der Waals surface area contributed by atoms with Crippen LogP contribution in [-0.4, -0.2) is 70.2 Å². The smallest absolute Gasteiger partial charge is 0.282 e. The Hall–Kier alpha value is -2.22. The maximum atomic E-state index is 13.4. The van der Waals surface area contributed by atoms with Gasteiger partial charge in [-0.1, -0.05) is 0 Å². The van der Waals surface area contributed by atoms with Gasteiger partial charge < -0.3 is 9.88 Å². The maximum absolute atomic E-state index is 13.4. The van der Waals surface area contributed by atoms with Crippen molar-refractivity contribution in [3.8, 4) is 6.07 Å². The Kier molecular flexibility index (Phi) is 5.01. The molecule has 2 fully saturated rings. The van der Waals surface area contributed by atoms with Gasteiger partial charge in [-0.3, -0.25) is 0 Å². The number of anilines is 1. The van der Waals surface area contributed by atoms with Crippen molar-refractivity contribution < 1.29 is 8.42 Å².